The normalized spacial score (nSPS) is 22.1. The van der Waals surface area contributed by atoms with E-state index in [-0.39, 0.29) is 11.9 Å². The number of carbonyl (C=O) groups is 1. The number of aromatic nitrogens is 1. The lowest BCUT2D eigenvalue weighted by atomic mass is 9.75. The minimum atomic E-state index is -0.0473. The second kappa shape index (κ2) is 10.3. The summed E-state index contributed by atoms with van der Waals surface area (Å²) in [6, 6.07) is 19.0. The molecular formula is C29H33N3O. The largest absolute Gasteiger partial charge is 0.348 e. The van der Waals surface area contributed by atoms with E-state index in [0.29, 0.717) is 5.69 Å². The van der Waals surface area contributed by atoms with Crippen LogP contribution in [0.25, 0.3) is 10.8 Å². The maximum atomic E-state index is 12.8. The van der Waals surface area contributed by atoms with E-state index in [1.54, 1.807) is 11.8 Å². The topological polar surface area (TPSA) is 54.4 Å². The summed E-state index contributed by atoms with van der Waals surface area (Å²) in [5.41, 5.74) is 3.61. The summed E-state index contributed by atoms with van der Waals surface area (Å²) in [6.45, 7) is 0.933. The fourth-order valence-corrected chi connectivity index (χ4v) is 5.49. The van der Waals surface area contributed by atoms with Gasteiger partial charge in [-0.15, -0.1) is 0 Å². The highest BCUT2D eigenvalue weighted by Crippen LogP contribution is 2.37. The summed E-state index contributed by atoms with van der Waals surface area (Å²) in [6.07, 6.45) is 13.0. The average Bonchev–Trinajstić information content (AvgIpc) is 2.84. The Balaban J connectivity index is 1.00. The molecule has 1 atom stereocenters. The molecule has 0 aliphatic heterocycles. The molecule has 0 saturated heterocycles. The molecule has 0 spiro atoms. The van der Waals surface area contributed by atoms with Crippen molar-refractivity contribution in [1.29, 1.82) is 0 Å². The summed E-state index contributed by atoms with van der Waals surface area (Å²) >= 11 is 0. The first-order chi connectivity index (χ1) is 16.3. The first-order valence-corrected chi connectivity index (χ1v) is 12.5. The maximum Gasteiger partial charge on any atom is 0.270 e. The van der Waals surface area contributed by atoms with Gasteiger partial charge in [0.2, 0.25) is 0 Å². The summed E-state index contributed by atoms with van der Waals surface area (Å²) in [4.78, 5) is 21.9. The molecule has 0 bridgehead atoms. The van der Waals surface area contributed by atoms with Crippen LogP contribution >= 0.6 is 0 Å². The molecule has 1 N–H and O–H groups in total. The predicted octanol–water partition coefficient (Wildman–Crippen LogP) is 6.10. The quantitative estimate of drug-likeness (QED) is 0.431. The smallest absolute Gasteiger partial charge is 0.270 e. The van der Waals surface area contributed by atoms with Gasteiger partial charge in [0.05, 0.1) is 0 Å². The van der Waals surface area contributed by atoms with Gasteiger partial charge in [0.15, 0.2) is 0 Å². The van der Waals surface area contributed by atoms with E-state index < -0.39 is 0 Å². The van der Waals surface area contributed by atoms with E-state index in [9.17, 15) is 4.79 Å². The highest BCUT2D eigenvalue weighted by atomic mass is 16.1. The Bertz CT molecular complexity index is 1130. The van der Waals surface area contributed by atoms with Crippen molar-refractivity contribution in [1.82, 2.24) is 10.3 Å². The molecule has 5 rings (SSSR count). The van der Waals surface area contributed by atoms with Crippen molar-refractivity contribution >= 4 is 22.9 Å². The minimum Gasteiger partial charge on any atom is -0.348 e. The number of carbonyl (C=O) groups excluding carboxylic acids is 1. The van der Waals surface area contributed by atoms with E-state index in [2.05, 4.69) is 45.8 Å². The molecule has 2 aromatic carbocycles. The molecule has 1 unspecified atom stereocenters. The molecule has 170 valence electrons. The van der Waals surface area contributed by atoms with Gasteiger partial charge >= 0.3 is 0 Å². The van der Waals surface area contributed by atoms with E-state index in [1.165, 1.54) is 31.2 Å². The van der Waals surface area contributed by atoms with Crippen molar-refractivity contribution in [2.75, 3.05) is 6.54 Å². The third-order valence-electron chi connectivity index (χ3n) is 7.47. The minimum absolute atomic E-state index is 0.0473. The van der Waals surface area contributed by atoms with Crippen LogP contribution in [0.4, 0.5) is 0 Å². The summed E-state index contributed by atoms with van der Waals surface area (Å²) in [5, 5.41) is 5.21. The van der Waals surface area contributed by atoms with E-state index in [0.717, 1.165) is 54.8 Å². The zero-order chi connectivity index (χ0) is 22.5. The molecule has 4 nitrogen and oxygen atoms in total. The number of nitrogens with one attached hydrogen (secondary N) is 1. The zero-order valence-corrected chi connectivity index (χ0v) is 19.2. The van der Waals surface area contributed by atoms with E-state index in [4.69, 9.17) is 0 Å². The van der Waals surface area contributed by atoms with Crippen molar-refractivity contribution in [3.63, 3.8) is 0 Å². The third-order valence-corrected chi connectivity index (χ3v) is 7.47. The average molecular weight is 440 g/mol. The number of nitrogens with zero attached hydrogens (tertiary/aromatic N) is 2. The number of pyridine rings is 1. The molecule has 33 heavy (non-hydrogen) atoms. The van der Waals surface area contributed by atoms with Gasteiger partial charge < -0.3 is 5.32 Å². The Morgan fingerprint density at radius 1 is 1.00 bits per heavy atom. The van der Waals surface area contributed by atoms with Crippen molar-refractivity contribution in [3.8, 4) is 0 Å². The van der Waals surface area contributed by atoms with Gasteiger partial charge in [-0.25, -0.2) is 0 Å². The lowest BCUT2D eigenvalue weighted by molar-refractivity contribution is 0.0918. The van der Waals surface area contributed by atoms with Crippen molar-refractivity contribution in [2.45, 2.75) is 63.3 Å². The zero-order valence-electron chi connectivity index (χ0n) is 19.2. The number of fused-ring (bicyclic) bond motifs is 2. The van der Waals surface area contributed by atoms with Crippen LogP contribution in [0.15, 0.2) is 65.8 Å². The number of hydrogen-bond acceptors (Lipinski definition) is 3. The van der Waals surface area contributed by atoms with Crippen molar-refractivity contribution in [2.24, 2.45) is 10.9 Å². The lowest BCUT2D eigenvalue weighted by Crippen LogP contribution is -2.38. The first-order valence-electron chi connectivity index (χ1n) is 12.5. The Morgan fingerprint density at radius 2 is 1.82 bits per heavy atom. The van der Waals surface area contributed by atoms with Crippen molar-refractivity contribution in [3.05, 3.63) is 77.6 Å². The van der Waals surface area contributed by atoms with Crippen LogP contribution in [0.2, 0.25) is 0 Å². The van der Waals surface area contributed by atoms with Gasteiger partial charge in [0.1, 0.15) is 5.69 Å². The van der Waals surface area contributed by atoms with Gasteiger partial charge in [-0.3, -0.25) is 14.8 Å². The van der Waals surface area contributed by atoms with Gasteiger partial charge in [-0.1, -0.05) is 48.5 Å². The van der Waals surface area contributed by atoms with Crippen LogP contribution in [-0.2, 0) is 6.42 Å². The van der Waals surface area contributed by atoms with Crippen LogP contribution in [0.5, 0.6) is 0 Å². The lowest BCUT2D eigenvalue weighted by Gasteiger charge is -2.29. The van der Waals surface area contributed by atoms with Crippen LogP contribution < -0.4 is 5.32 Å². The SMILES string of the molecule is O=C(NC1CCC(CCN=CCCC2Cc3ccccc32)CC1)c1nccc2ccccc12. The van der Waals surface area contributed by atoms with Crippen LogP contribution in [0.1, 0.15) is 72.5 Å². The standard InChI is InChI=1S/C29H33N3O/c33-29(28-27-10-4-1-6-22(27)16-19-31-28)32-25-13-11-21(12-14-25)15-18-30-17-5-8-24-20-23-7-2-3-9-26(23)24/h1-4,6-7,9-10,16-17,19,21,24-25H,5,8,11-15,18,20H2,(H,32,33). The number of hydrogen-bond donors (Lipinski definition) is 1. The molecule has 0 radical (unpaired) electrons. The molecule has 2 aliphatic rings. The first kappa shape index (κ1) is 21.8. The molecule has 4 heteroatoms. The van der Waals surface area contributed by atoms with Gasteiger partial charge in [0, 0.05) is 24.2 Å². The Kier molecular flexibility index (Phi) is 6.80. The number of amides is 1. The summed E-state index contributed by atoms with van der Waals surface area (Å²) < 4.78 is 0. The Labute approximate surface area is 196 Å². The fourth-order valence-electron chi connectivity index (χ4n) is 5.49. The molecule has 1 aromatic heterocycles. The molecule has 1 fully saturated rings. The second-order valence-electron chi connectivity index (χ2n) is 9.63. The fraction of sp³-hybridized carbons (Fsp3) is 0.414. The van der Waals surface area contributed by atoms with Gasteiger partial charge in [-0.2, -0.15) is 0 Å². The number of rotatable bonds is 8. The van der Waals surface area contributed by atoms with Crippen LogP contribution in [-0.4, -0.2) is 29.7 Å². The molecular weight excluding hydrogens is 406 g/mol. The van der Waals surface area contributed by atoms with Gasteiger partial charge in [-0.05, 0) is 92.0 Å². The van der Waals surface area contributed by atoms with E-state index >= 15 is 0 Å². The van der Waals surface area contributed by atoms with Crippen LogP contribution in [0.3, 0.4) is 0 Å². The van der Waals surface area contributed by atoms with Crippen molar-refractivity contribution < 1.29 is 4.79 Å². The highest BCUT2D eigenvalue weighted by Gasteiger charge is 2.25. The third kappa shape index (κ3) is 5.16. The Morgan fingerprint density at radius 3 is 2.70 bits per heavy atom. The Hall–Kier alpha value is -3.01. The maximum absolute atomic E-state index is 12.8. The predicted molar refractivity (Wildman–Crippen MR) is 135 cm³/mol. The summed E-state index contributed by atoms with van der Waals surface area (Å²) in [7, 11) is 0. The monoisotopic (exact) mass is 439 g/mol. The molecule has 1 saturated carbocycles. The van der Waals surface area contributed by atoms with Crippen LogP contribution in [0, 0.1) is 5.92 Å². The molecule has 2 aliphatic carbocycles. The highest BCUT2D eigenvalue weighted by molar-refractivity contribution is 6.05. The molecule has 1 amide bonds. The van der Waals surface area contributed by atoms with E-state index in [1.807, 2.05) is 30.3 Å². The summed E-state index contributed by atoms with van der Waals surface area (Å²) in [5.74, 6) is 1.42. The second-order valence-corrected chi connectivity index (χ2v) is 9.63. The molecule has 3 aromatic rings. The number of aliphatic imine (C=N–C) groups is 1. The molecule has 1 heterocycles. The van der Waals surface area contributed by atoms with Gasteiger partial charge in [0.25, 0.3) is 5.91 Å². The number of benzene rings is 2.